The smallest absolute Gasteiger partial charge is 0.193 e. The number of hydrogen-bond acceptors (Lipinski definition) is 4. The van der Waals surface area contributed by atoms with Gasteiger partial charge in [0, 0.05) is 45.6 Å². The number of aromatic nitrogens is 2. The van der Waals surface area contributed by atoms with Crippen LogP contribution in [0.15, 0.2) is 17.4 Å². The first-order valence-electron chi connectivity index (χ1n) is 7.38. The summed E-state index contributed by atoms with van der Waals surface area (Å²) in [6.07, 6.45) is 3.90. The van der Waals surface area contributed by atoms with E-state index in [4.69, 9.17) is 9.47 Å². The average Bonchev–Trinajstić information content (AvgIpc) is 2.94. The normalized spacial score (nSPS) is 19.0. The van der Waals surface area contributed by atoms with Gasteiger partial charge < -0.3 is 19.7 Å². The van der Waals surface area contributed by atoms with Crippen LogP contribution < -0.4 is 5.32 Å². The van der Waals surface area contributed by atoms with Crippen LogP contribution in [0.1, 0.15) is 18.6 Å². The molecule has 8 heteroatoms. The number of aliphatic imine (C=N–C) groups is 1. The van der Waals surface area contributed by atoms with Crippen molar-refractivity contribution in [2.24, 2.45) is 12.0 Å². The summed E-state index contributed by atoms with van der Waals surface area (Å²) in [6, 6.07) is 0. The van der Waals surface area contributed by atoms with Gasteiger partial charge in [0.2, 0.25) is 0 Å². The second-order valence-electron chi connectivity index (χ2n) is 4.92. The number of morpholine rings is 1. The maximum Gasteiger partial charge on any atom is 0.193 e. The van der Waals surface area contributed by atoms with Crippen molar-refractivity contribution >= 4 is 29.9 Å². The van der Waals surface area contributed by atoms with Gasteiger partial charge in [-0.3, -0.25) is 9.67 Å². The van der Waals surface area contributed by atoms with Crippen molar-refractivity contribution in [2.75, 3.05) is 46.5 Å². The van der Waals surface area contributed by atoms with E-state index in [0.717, 1.165) is 37.8 Å². The Morgan fingerprint density at radius 2 is 2.41 bits per heavy atom. The summed E-state index contributed by atoms with van der Waals surface area (Å²) in [5.41, 5.74) is 1.10. The Kier molecular flexibility index (Phi) is 8.72. The predicted octanol–water partition coefficient (Wildman–Crippen LogP) is 1.02. The van der Waals surface area contributed by atoms with Crippen LogP contribution in [-0.2, 0) is 16.5 Å². The van der Waals surface area contributed by atoms with Gasteiger partial charge in [0.1, 0.15) is 6.10 Å². The predicted molar refractivity (Wildman–Crippen MR) is 96.7 cm³/mol. The van der Waals surface area contributed by atoms with Crippen LogP contribution in [0, 0.1) is 0 Å². The van der Waals surface area contributed by atoms with Crippen LogP contribution in [0.25, 0.3) is 0 Å². The van der Waals surface area contributed by atoms with Gasteiger partial charge in [0.05, 0.1) is 26.0 Å². The molecule has 0 aliphatic carbocycles. The lowest BCUT2D eigenvalue weighted by atomic mass is 10.1. The molecule has 0 spiro atoms. The van der Waals surface area contributed by atoms with Crippen molar-refractivity contribution in [1.82, 2.24) is 20.0 Å². The minimum Gasteiger partial charge on any atom is -0.380 e. The summed E-state index contributed by atoms with van der Waals surface area (Å²) in [6.45, 7) is 6.48. The van der Waals surface area contributed by atoms with Crippen molar-refractivity contribution in [2.45, 2.75) is 13.0 Å². The Morgan fingerprint density at radius 1 is 1.59 bits per heavy atom. The molecule has 22 heavy (non-hydrogen) atoms. The highest BCUT2D eigenvalue weighted by Gasteiger charge is 2.24. The molecule has 0 bridgehead atoms. The first-order chi connectivity index (χ1) is 10.2. The molecule has 1 aromatic rings. The topological polar surface area (TPSA) is 63.9 Å². The molecule has 1 aromatic heterocycles. The van der Waals surface area contributed by atoms with Gasteiger partial charge in [-0.2, -0.15) is 5.10 Å². The van der Waals surface area contributed by atoms with E-state index in [1.54, 1.807) is 11.7 Å². The van der Waals surface area contributed by atoms with Crippen LogP contribution in [0.2, 0.25) is 0 Å². The number of rotatable bonds is 5. The number of guanidine groups is 1. The van der Waals surface area contributed by atoms with E-state index in [9.17, 15) is 0 Å². The Bertz CT molecular complexity index is 466. The van der Waals surface area contributed by atoms with Gasteiger partial charge in [-0.05, 0) is 6.92 Å². The fourth-order valence-corrected chi connectivity index (χ4v) is 2.36. The van der Waals surface area contributed by atoms with Crippen LogP contribution in [0.4, 0.5) is 0 Å². The molecule has 0 radical (unpaired) electrons. The number of ether oxygens (including phenoxy) is 2. The third kappa shape index (κ3) is 5.40. The lowest BCUT2D eigenvalue weighted by Crippen LogP contribution is -2.48. The summed E-state index contributed by atoms with van der Waals surface area (Å²) in [5, 5.41) is 7.53. The molecule has 0 saturated carbocycles. The van der Waals surface area contributed by atoms with Gasteiger partial charge in [-0.25, -0.2) is 0 Å². The Morgan fingerprint density at radius 3 is 3.05 bits per heavy atom. The second kappa shape index (κ2) is 10.0. The molecule has 0 amide bonds. The van der Waals surface area contributed by atoms with Crippen molar-refractivity contribution < 1.29 is 9.47 Å². The minimum atomic E-state index is 0. The van der Waals surface area contributed by atoms with Crippen molar-refractivity contribution in [3.05, 3.63) is 18.0 Å². The molecule has 1 saturated heterocycles. The fraction of sp³-hybridized carbons (Fsp3) is 0.714. The van der Waals surface area contributed by atoms with Gasteiger partial charge in [-0.15, -0.1) is 24.0 Å². The first kappa shape index (κ1) is 19.2. The maximum absolute atomic E-state index is 5.84. The number of nitrogens with one attached hydrogen (secondary N) is 1. The zero-order valence-corrected chi connectivity index (χ0v) is 15.8. The summed E-state index contributed by atoms with van der Waals surface area (Å²) in [5.74, 6) is 0.895. The number of nitrogens with zero attached hydrogens (tertiary/aromatic N) is 4. The zero-order valence-electron chi connectivity index (χ0n) is 13.5. The van der Waals surface area contributed by atoms with E-state index in [1.165, 1.54) is 0 Å². The summed E-state index contributed by atoms with van der Waals surface area (Å²) >= 11 is 0. The molecule has 1 aliphatic rings. The summed E-state index contributed by atoms with van der Waals surface area (Å²) < 4.78 is 13.0. The third-order valence-corrected chi connectivity index (χ3v) is 3.41. The maximum atomic E-state index is 5.84. The molecule has 1 fully saturated rings. The zero-order chi connectivity index (χ0) is 15.1. The monoisotopic (exact) mass is 423 g/mol. The molecule has 2 rings (SSSR count). The highest BCUT2D eigenvalue weighted by Crippen LogP contribution is 2.21. The van der Waals surface area contributed by atoms with Crippen molar-refractivity contribution in [1.29, 1.82) is 0 Å². The molecule has 1 atom stereocenters. The summed E-state index contributed by atoms with van der Waals surface area (Å²) in [4.78, 5) is 6.56. The van der Waals surface area contributed by atoms with E-state index >= 15 is 0 Å². The van der Waals surface area contributed by atoms with E-state index in [1.807, 2.05) is 26.4 Å². The van der Waals surface area contributed by atoms with Crippen LogP contribution in [0.3, 0.4) is 0 Å². The lowest BCUT2D eigenvalue weighted by Gasteiger charge is -2.34. The van der Waals surface area contributed by atoms with Gasteiger partial charge in [-0.1, -0.05) is 0 Å². The average molecular weight is 423 g/mol. The molecule has 1 N–H and O–H groups in total. The molecular weight excluding hydrogens is 397 g/mol. The molecule has 126 valence electrons. The van der Waals surface area contributed by atoms with Gasteiger partial charge in [0.15, 0.2) is 5.96 Å². The standard InChI is InChI=1S/C14H25N5O2.HI/c1-4-20-7-5-16-14(15-2)19-6-8-21-13(11-19)12-9-17-18(3)10-12;/h9-10,13H,4-8,11H2,1-3H3,(H,15,16);1H. The van der Waals surface area contributed by atoms with Crippen LogP contribution in [0.5, 0.6) is 0 Å². The van der Waals surface area contributed by atoms with E-state index in [-0.39, 0.29) is 30.1 Å². The van der Waals surface area contributed by atoms with Gasteiger partial charge in [0.25, 0.3) is 0 Å². The first-order valence-corrected chi connectivity index (χ1v) is 7.38. The SMILES string of the molecule is CCOCCNC(=NC)N1CCOC(c2cnn(C)c2)C1.I. The van der Waals surface area contributed by atoms with E-state index < -0.39 is 0 Å². The quantitative estimate of drug-likeness (QED) is 0.332. The fourth-order valence-electron chi connectivity index (χ4n) is 2.36. The number of halogens is 1. The largest absolute Gasteiger partial charge is 0.380 e. The van der Waals surface area contributed by atoms with Gasteiger partial charge >= 0.3 is 0 Å². The molecule has 0 aromatic carbocycles. The Hall–Kier alpha value is -0.870. The van der Waals surface area contributed by atoms with Crippen molar-refractivity contribution in [3.63, 3.8) is 0 Å². The van der Waals surface area contributed by atoms with E-state index in [0.29, 0.717) is 13.2 Å². The minimum absolute atomic E-state index is 0. The number of aryl methyl sites for hydroxylation is 1. The number of hydrogen-bond donors (Lipinski definition) is 1. The Balaban J connectivity index is 0.00000242. The summed E-state index contributed by atoms with van der Waals surface area (Å²) in [7, 11) is 3.72. The van der Waals surface area contributed by atoms with Crippen molar-refractivity contribution in [3.8, 4) is 0 Å². The van der Waals surface area contributed by atoms with E-state index in [2.05, 4.69) is 20.3 Å². The second-order valence-corrected chi connectivity index (χ2v) is 4.92. The highest BCUT2D eigenvalue weighted by atomic mass is 127. The lowest BCUT2D eigenvalue weighted by molar-refractivity contribution is -0.00813. The third-order valence-electron chi connectivity index (χ3n) is 3.41. The van der Waals surface area contributed by atoms with Crippen LogP contribution >= 0.6 is 24.0 Å². The molecule has 1 aliphatic heterocycles. The van der Waals surface area contributed by atoms with Crippen LogP contribution in [-0.4, -0.2) is 67.1 Å². The molecular formula is C14H26IN5O2. The molecule has 7 nitrogen and oxygen atoms in total. The Labute approximate surface area is 149 Å². The molecule has 2 heterocycles. The highest BCUT2D eigenvalue weighted by molar-refractivity contribution is 14.0. The molecule has 1 unspecified atom stereocenters.